The van der Waals surface area contributed by atoms with Gasteiger partial charge in [0, 0.05) is 18.7 Å². The summed E-state index contributed by atoms with van der Waals surface area (Å²) in [7, 11) is 0. The molecule has 1 saturated heterocycles. The van der Waals surface area contributed by atoms with Crippen molar-refractivity contribution >= 4 is 11.4 Å². The van der Waals surface area contributed by atoms with Crippen molar-refractivity contribution < 1.29 is 10.0 Å². The Balaban J connectivity index is 2.40. The molecule has 1 aliphatic heterocycles. The first-order valence-corrected chi connectivity index (χ1v) is 5.26. The smallest absolute Gasteiger partial charge is 0.295 e. The van der Waals surface area contributed by atoms with Gasteiger partial charge in [0.25, 0.3) is 5.69 Å². The number of nitrogens with zero attached hydrogens (tertiary/aromatic N) is 2. The number of hydrogen-bond donors (Lipinski definition) is 1. The second-order valence-electron chi connectivity index (χ2n) is 4.09. The summed E-state index contributed by atoms with van der Waals surface area (Å²) in [5.41, 5.74) is 1.42. The molecule has 0 aromatic heterocycles. The molecule has 1 N–H and O–H groups in total. The van der Waals surface area contributed by atoms with Crippen LogP contribution < -0.4 is 4.90 Å². The van der Waals surface area contributed by atoms with Gasteiger partial charge in [0.05, 0.1) is 11.0 Å². The van der Waals surface area contributed by atoms with Gasteiger partial charge >= 0.3 is 0 Å². The molecule has 1 atom stereocenters. The molecule has 1 fully saturated rings. The molecule has 0 unspecified atom stereocenters. The van der Waals surface area contributed by atoms with Gasteiger partial charge in [-0.15, -0.1) is 0 Å². The Labute approximate surface area is 93.5 Å². The van der Waals surface area contributed by atoms with Gasteiger partial charge in [-0.1, -0.05) is 12.1 Å². The lowest BCUT2D eigenvalue weighted by atomic mass is 10.1. The summed E-state index contributed by atoms with van der Waals surface area (Å²) in [6.45, 7) is 2.88. The zero-order valence-electron chi connectivity index (χ0n) is 9.09. The van der Waals surface area contributed by atoms with Crippen LogP contribution in [-0.2, 0) is 0 Å². The van der Waals surface area contributed by atoms with Gasteiger partial charge in [-0.25, -0.2) is 0 Å². The molecule has 0 spiro atoms. The van der Waals surface area contributed by atoms with Gasteiger partial charge in [0.15, 0.2) is 0 Å². The Morgan fingerprint density at radius 1 is 1.56 bits per heavy atom. The van der Waals surface area contributed by atoms with Crippen LogP contribution in [0.25, 0.3) is 0 Å². The van der Waals surface area contributed by atoms with Crippen LogP contribution in [-0.4, -0.2) is 29.2 Å². The fourth-order valence-electron chi connectivity index (χ4n) is 2.10. The number of benzene rings is 1. The molecule has 5 heteroatoms. The Bertz CT molecular complexity index is 420. The third-order valence-electron chi connectivity index (χ3n) is 2.90. The first-order chi connectivity index (χ1) is 7.59. The number of anilines is 1. The summed E-state index contributed by atoms with van der Waals surface area (Å²) >= 11 is 0. The SMILES string of the molecule is Cc1cccc(N2CC[C@@H](O)C2)c1[N+](=O)[O-]. The van der Waals surface area contributed by atoms with Crippen LogP contribution in [0.15, 0.2) is 18.2 Å². The number of rotatable bonds is 2. The summed E-state index contributed by atoms with van der Waals surface area (Å²) in [5, 5.41) is 20.4. The van der Waals surface area contributed by atoms with E-state index in [9.17, 15) is 15.2 Å². The van der Waals surface area contributed by atoms with Crippen molar-refractivity contribution in [1.29, 1.82) is 0 Å². The molecule has 0 amide bonds. The number of β-amino-alcohol motifs (C(OH)–C–C–N with tert-alkyl or cyclic N) is 1. The van der Waals surface area contributed by atoms with Crippen molar-refractivity contribution in [3.63, 3.8) is 0 Å². The van der Waals surface area contributed by atoms with Crippen molar-refractivity contribution in [1.82, 2.24) is 0 Å². The van der Waals surface area contributed by atoms with E-state index in [-0.39, 0.29) is 16.7 Å². The van der Waals surface area contributed by atoms with Crippen LogP contribution in [0.4, 0.5) is 11.4 Å². The summed E-state index contributed by atoms with van der Waals surface area (Å²) < 4.78 is 0. The van der Waals surface area contributed by atoms with Crippen LogP contribution in [0.3, 0.4) is 0 Å². The molecule has 1 aromatic rings. The van der Waals surface area contributed by atoms with E-state index >= 15 is 0 Å². The maximum atomic E-state index is 11.0. The molecule has 86 valence electrons. The minimum Gasteiger partial charge on any atom is -0.391 e. The predicted octanol–water partition coefficient (Wildman–Crippen LogP) is 1.47. The molecular formula is C11H14N2O3. The monoisotopic (exact) mass is 222 g/mol. The lowest BCUT2D eigenvalue weighted by molar-refractivity contribution is -0.384. The van der Waals surface area contributed by atoms with Crippen LogP contribution in [0.1, 0.15) is 12.0 Å². The van der Waals surface area contributed by atoms with E-state index in [2.05, 4.69) is 0 Å². The Kier molecular flexibility index (Phi) is 2.78. The van der Waals surface area contributed by atoms with Crippen LogP contribution in [0.2, 0.25) is 0 Å². The molecular weight excluding hydrogens is 208 g/mol. The normalized spacial score (nSPS) is 20.1. The summed E-state index contributed by atoms with van der Waals surface area (Å²) in [5.74, 6) is 0. The largest absolute Gasteiger partial charge is 0.391 e. The van der Waals surface area contributed by atoms with E-state index in [0.29, 0.717) is 30.8 Å². The van der Waals surface area contributed by atoms with Gasteiger partial charge < -0.3 is 10.0 Å². The molecule has 0 radical (unpaired) electrons. The van der Waals surface area contributed by atoms with E-state index in [1.807, 2.05) is 11.0 Å². The molecule has 2 rings (SSSR count). The van der Waals surface area contributed by atoms with Gasteiger partial charge in [0.1, 0.15) is 5.69 Å². The van der Waals surface area contributed by atoms with E-state index in [0.717, 1.165) is 0 Å². The second kappa shape index (κ2) is 4.09. The van der Waals surface area contributed by atoms with Crippen LogP contribution >= 0.6 is 0 Å². The Hall–Kier alpha value is -1.62. The molecule has 0 bridgehead atoms. The van der Waals surface area contributed by atoms with Gasteiger partial charge in [-0.3, -0.25) is 10.1 Å². The molecule has 1 heterocycles. The second-order valence-corrected chi connectivity index (χ2v) is 4.09. The zero-order valence-corrected chi connectivity index (χ0v) is 9.09. The highest BCUT2D eigenvalue weighted by Gasteiger charge is 2.27. The Morgan fingerprint density at radius 2 is 2.31 bits per heavy atom. The molecule has 1 aliphatic rings. The maximum absolute atomic E-state index is 11.0. The number of nitro benzene ring substituents is 1. The molecule has 0 saturated carbocycles. The topological polar surface area (TPSA) is 66.6 Å². The third kappa shape index (κ3) is 1.86. The molecule has 1 aromatic carbocycles. The highest BCUT2D eigenvalue weighted by Crippen LogP contribution is 2.33. The minimum atomic E-state index is -0.375. The van der Waals surface area contributed by atoms with Gasteiger partial charge in [-0.05, 0) is 19.4 Å². The number of nitro groups is 1. The summed E-state index contributed by atoms with van der Waals surface area (Å²) in [6, 6.07) is 5.28. The average Bonchev–Trinajstić information content (AvgIpc) is 2.63. The summed E-state index contributed by atoms with van der Waals surface area (Å²) in [4.78, 5) is 12.5. The maximum Gasteiger partial charge on any atom is 0.295 e. The summed E-state index contributed by atoms with van der Waals surface area (Å²) in [6.07, 6.45) is 0.297. The van der Waals surface area contributed by atoms with Gasteiger partial charge in [0.2, 0.25) is 0 Å². The average molecular weight is 222 g/mol. The fraction of sp³-hybridized carbons (Fsp3) is 0.455. The Morgan fingerprint density at radius 3 is 2.88 bits per heavy atom. The number of hydrogen-bond acceptors (Lipinski definition) is 4. The van der Waals surface area contributed by atoms with Crippen LogP contribution in [0.5, 0.6) is 0 Å². The van der Waals surface area contributed by atoms with Crippen molar-refractivity contribution in [2.45, 2.75) is 19.4 Å². The molecule has 16 heavy (non-hydrogen) atoms. The minimum absolute atomic E-state index is 0.150. The lowest BCUT2D eigenvalue weighted by Crippen LogP contribution is -2.22. The third-order valence-corrected chi connectivity index (χ3v) is 2.90. The number of aryl methyl sites for hydroxylation is 1. The standard InChI is InChI=1S/C11H14N2O3/c1-8-3-2-4-10(11(8)13(15)16)12-6-5-9(14)7-12/h2-4,9,14H,5-7H2,1H3/t9-/m1/s1. The van der Waals surface area contributed by atoms with Crippen molar-refractivity contribution in [3.8, 4) is 0 Å². The van der Waals surface area contributed by atoms with E-state index in [1.165, 1.54) is 0 Å². The van der Waals surface area contributed by atoms with Gasteiger partial charge in [-0.2, -0.15) is 0 Å². The van der Waals surface area contributed by atoms with E-state index < -0.39 is 0 Å². The first kappa shape index (κ1) is 10.9. The highest BCUT2D eigenvalue weighted by molar-refractivity contribution is 5.67. The molecule has 5 nitrogen and oxygen atoms in total. The quantitative estimate of drug-likeness (QED) is 0.608. The zero-order chi connectivity index (χ0) is 11.7. The number of aliphatic hydroxyl groups excluding tert-OH is 1. The van der Waals surface area contributed by atoms with Crippen molar-refractivity contribution in [3.05, 3.63) is 33.9 Å². The first-order valence-electron chi connectivity index (χ1n) is 5.26. The van der Waals surface area contributed by atoms with Crippen LogP contribution in [0, 0.1) is 17.0 Å². The van der Waals surface area contributed by atoms with E-state index in [4.69, 9.17) is 0 Å². The van der Waals surface area contributed by atoms with Crippen molar-refractivity contribution in [2.24, 2.45) is 0 Å². The van der Waals surface area contributed by atoms with Crippen molar-refractivity contribution in [2.75, 3.05) is 18.0 Å². The predicted molar refractivity (Wildman–Crippen MR) is 60.7 cm³/mol. The number of para-hydroxylation sites is 1. The number of aliphatic hydroxyl groups is 1. The van der Waals surface area contributed by atoms with E-state index in [1.54, 1.807) is 19.1 Å². The molecule has 0 aliphatic carbocycles. The highest BCUT2D eigenvalue weighted by atomic mass is 16.6. The fourth-order valence-corrected chi connectivity index (χ4v) is 2.10. The lowest BCUT2D eigenvalue weighted by Gasteiger charge is -2.18.